The van der Waals surface area contributed by atoms with Crippen LogP contribution in [0.4, 0.5) is 9.18 Å². The average Bonchev–Trinajstić information content (AvgIpc) is 3.56. The molecule has 17 nitrogen and oxygen atoms in total. The van der Waals surface area contributed by atoms with Crippen LogP contribution in [0.2, 0.25) is 0 Å². The fraction of sp³-hybridized carbons (Fsp3) is 0.525. The number of fused-ring (bicyclic) bond motifs is 4. The van der Waals surface area contributed by atoms with Gasteiger partial charge in [-0.3, -0.25) is 33.5 Å². The first-order chi connectivity index (χ1) is 27.6. The van der Waals surface area contributed by atoms with Crippen molar-refractivity contribution in [2.75, 3.05) is 27.3 Å². The van der Waals surface area contributed by atoms with Crippen molar-refractivity contribution in [3.63, 3.8) is 0 Å². The van der Waals surface area contributed by atoms with Crippen LogP contribution in [-0.2, 0) is 44.7 Å². The lowest BCUT2D eigenvalue weighted by atomic mass is 9.85. The van der Waals surface area contributed by atoms with Crippen LogP contribution >= 0.6 is 0 Å². The number of allylic oxidation sites excluding steroid dienone is 4. The third kappa shape index (κ3) is 12.2. The number of nitrogens with one attached hydrogen (secondary N) is 4. The number of ether oxygens (including phenoxy) is 4. The van der Waals surface area contributed by atoms with Gasteiger partial charge in [0.05, 0.1) is 23.7 Å². The lowest BCUT2D eigenvalue weighted by Gasteiger charge is -2.30. The number of H-pyrrole nitrogens is 1. The predicted octanol–water partition coefficient (Wildman–Crippen LogP) is 2.08. The molecule has 1 aromatic rings. The summed E-state index contributed by atoms with van der Waals surface area (Å²) in [5, 5.41) is 8.51. The second-order valence-corrected chi connectivity index (χ2v) is 14.6. The number of unbranched alkanes of at least 4 members (excludes halogenated alkanes) is 3. The molecule has 3 aliphatic rings. The zero-order valence-corrected chi connectivity index (χ0v) is 33.4. The number of rotatable bonds is 14. The first-order valence-electron chi connectivity index (χ1n) is 19.2. The molecule has 3 heterocycles. The second kappa shape index (κ2) is 21.2. The molecule has 6 atom stereocenters. The summed E-state index contributed by atoms with van der Waals surface area (Å²) in [6.07, 6.45) is 7.81. The van der Waals surface area contributed by atoms with Gasteiger partial charge >= 0.3 is 11.8 Å². The maximum absolute atomic E-state index is 14.0. The Hall–Kier alpha value is -5.62. The van der Waals surface area contributed by atoms with E-state index in [9.17, 15) is 38.0 Å². The molecule has 1 aliphatic carbocycles. The number of halogens is 1. The maximum atomic E-state index is 14.0. The molecule has 6 N–H and O–H groups in total. The fourth-order valence-electron chi connectivity index (χ4n) is 6.93. The first-order valence-corrected chi connectivity index (χ1v) is 19.2. The maximum Gasteiger partial charge on any atom is 0.405 e. The molecular formula is C40H53FN6O11. The third-order valence-corrected chi connectivity index (χ3v) is 10.0. The molecule has 0 aromatic carbocycles. The largest absolute Gasteiger partial charge is 0.488 e. The molecule has 4 rings (SSSR count). The number of nitrogens with zero attached hydrogens (tertiary/aromatic N) is 1. The molecular weight excluding hydrogens is 759 g/mol. The van der Waals surface area contributed by atoms with Gasteiger partial charge in [-0.2, -0.15) is 4.39 Å². The number of aromatic amines is 1. The molecule has 1 aromatic heterocycles. The molecule has 4 bridgehead atoms. The average molecular weight is 813 g/mol. The number of hydrogen-bond donors (Lipinski definition) is 5. The molecule has 18 heteroatoms. The Morgan fingerprint density at radius 2 is 1.78 bits per heavy atom. The van der Waals surface area contributed by atoms with Crippen molar-refractivity contribution >= 4 is 29.5 Å². The standard InChI is InChI=1S/C40H53FN6O11/c1-22-17-25-33(44-15-9-7-6-8-14-43-32(49)13-16-47-21-26(41)38(52)46-40(47)54)28(48)20-27(34(25)50)45-37(51)23(2)11-10-12-29(55-4)36(58-39(42)53)31-19-24(3)35(57-31)30(18-22)56-5/h10-12,19-22,24,29-30,35-36,44H,6-9,13-18H2,1-5H3,(H2,42,53)(H,43,49)(H,45,51)(H,46,52,54)/b12-10-,23-11+/t22-,24+,29?,30?,35?,36?/m1/s1. The molecule has 0 saturated heterocycles. The Balaban J connectivity index is 1.41. The normalized spacial score (nSPS) is 25.6. The number of aryl methyl sites for hydroxylation is 1. The highest BCUT2D eigenvalue weighted by Gasteiger charge is 2.40. The Bertz CT molecular complexity index is 2000. The van der Waals surface area contributed by atoms with Crippen LogP contribution in [0.5, 0.6) is 0 Å². The Labute approximate surface area is 334 Å². The molecule has 2 aliphatic heterocycles. The zero-order valence-electron chi connectivity index (χ0n) is 33.4. The summed E-state index contributed by atoms with van der Waals surface area (Å²) in [4.78, 5) is 89.7. The number of carbonyl (C=O) groups excluding carboxylic acids is 5. The summed E-state index contributed by atoms with van der Waals surface area (Å²) in [5.74, 6) is -3.02. The van der Waals surface area contributed by atoms with Gasteiger partial charge in [-0.05, 0) is 44.6 Å². The second-order valence-electron chi connectivity index (χ2n) is 14.6. The Kier molecular flexibility index (Phi) is 16.5. The summed E-state index contributed by atoms with van der Waals surface area (Å²) >= 11 is 0. The smallest absolute Gasteiger partial charge is 0.405 e. The summed E-state index contributed by atoms with van der Waals surface area (Å²) < 4.78 is 37.7. The molecule has 3 amide bonds. The number of methoxy groups -OCH3 is 2. The van der Waals surface area contributed by atoms with Gasteiger partial charge in [0.2, 0.25) is 23.3 Å². The fourth-order valence-corrected chi connectivity index (χ4v) is 6.93. The quantitative estimate of drug-likeness (QED) is 0.134. The van der Waals surface area contributed by atoms with Gasteiger partial charge in [-0.15, -0.1) is 0 Å². The van der Waals surface area contributed by atoms with Gasteiger partial charge < -0.3 is 40.6 Å². The minimum atomic E-state index is -1.12. The monoisotopic (exact) mass is 812 g/mol. The van der Waals surface area contributed by atoms with Gasteiger partial charge in [0.25, 0.3) is 11.5 Å². The van der Waals surface area contributed by atoms with E-state index in [-0.39, 0.29) is 59.7 Å². The van der Waals surface area contributed by atoms with E-state index in [0.717, 1.165) is 29.7 Å². The molecule has 0 radical (unpaired) electrons. The minimum Gasteiger partial charge on any atom is -0.488 e. The highest BCUT2D eigenvalue weighted by molar-refractivity contribution is 6.23. The van der Waals surface area contributed by atoms with Gasteiger partial charge in [0, 0.05) is 63.4 Å². The predicted molar refractivity (Wildman–Crippen MR) is 208 cm³/mol. The number of nitrogens with two attached hydrogens (primary N) is 1. The molecule has 4 unspecified atom stereocenters. The van der Waals surface area contributed by atoms with E-state index in [0.29, 0.717) is 38.1 Å². The van der Waals surface area contributed by atoms with Crippen LogP contribution < -0.4 is 32.9 Å². The number of ketones is 2. The van der Waals surface area contributed by atoms with Gasteiger partial charge in [0.1, 0.15) is 18.0 Å². The van der Waals surface area contributed by atoms with E-state index in [1.165, 1.54) is 20.1 Å². The summed E-state index contributed by atoms with van der Waals surface area (Å²) in [6.45, 7) is 6.07. The Morgan fingerprint density at radius 1 is 1.05 bits per heavy atom. The highest BCUT2D eigenvalue weighted by atomic mass is 19.1. The molecule has 316 valence electrons. The highest BCUT2D eigenvalue weighted by Crippen LogP contribution is 2.35. The third-order valence-electron chi connectivity index (χ3n) is 10.0. The van der Waals surface area contributed by atoms with Crippen molar-refractivity contribution in [3.05, 3.63) is 91.5 Å². The summed E-state index contributed by atoms with van der Waals surface area (Å²) in [5.41, 5.74) is 3.97. The number of aromatic nitrogens is 2. The van der Waals surface area contributed by atoms with Crippen molar-refractivity contribution in [1.82, 2.24) is 25.5 Å². The SMILES string of the molecule is COC1/C=C\C=C(/C)C(=O)NC2=CC(=O)C(NCCCCCCNC(=O)CCn3cc(F)c(=O)[nH]c3=O)=C(C[C@@H](C)CC(OC)C3OC(=C[C@@H]3C)C1OC(N)=O)C2=O. The van der Waals surface area contributed by atoms with E-state index in [1.807, 2.05) is 24.9 Å². The van der Waals surface area contributed by atoms with Crippen molar-refractivity contribution in [1.29, 1.82) is 0 Å². The summed E-state index contributed by atoms with van der Waals surface area (Å²) in [6, 6.07) is 0. The molecule has 0 fully saturated rings. The molecule has 58 heavy (non-hydrogen) atoms. The van der Waals surface area contributed by atoms with E-state index in [1.54, 1.807) is 19.3 Å². The van der Waals surface area contributed by atoms with E-state index < -0.39 is 65.0 Å². The number of Topliss-reactive ketones (excluding diaryl/α,β-unsaturated/α-hetero) is 1. The van der Waals surface area contributed by atoms with Crippen molar-refractivity contribution in [3.8, 4) is 0 Å². The van der Waals surface area contributed by atoms with E-state index >= 15 is 0 Å². The van der Waals surface area contributed by atoms with Gasteiger partial charge in [-0.25, -0.2) is 9.59 Å². The van der Waals surface area contributed by atoms with E-state index in [4.69, 9.17) is 24.7 Å². The van der Waals surface area contributed by atoms with Crippen molar-refractivity contribution < 1.29 is 47.3 Å². The zero-order chi connectivity index (χ0) is 42.5. The van der Waals surface area contributed by atoms with Crippen molar-refractivity contribution in [2.24, 2.45) is 17.6 Å². The molecule has 0 saturated carbocycles. The van der Waals surface area contributed by atoms with Crippen LogP contribution in [0.25, 0.3) is 0 Å². The number of amides is 3. The molecule has 0 spiro atoms. The number of carbonyl (C=O) groups is 5. The number of primary amides is 1. The first kappa shape index (κ1) is 45.1. The van der Waals surface area contributed by atoms with Crippen LogP contribution in [0.15, 0.2) is 74.5 Å². The topological polar surface area (TPSA) is 239 Å². The lowest BCUT2D eigenvalue weighted by Crippen LogP contribution is -2.39. The van der Waals surface area contributed by atoms with Gasteiger partial charge in [0.15, 0.2) is 6.10 Å². The Morgan fingerprint density at radius 3 is 2.47 bits per heavy atom. The van der Waals surface area contributed by atoms with Crippen LogP contribution in [0.3, 0.4) is 0 Å². The lowest BCUT2D eigenvalue weighted by molar-refractivity contribution is -0.121. The minimum absolute atomic E-state index is 0.0765. The van der Waals surface area contributed by atoms with Gasteiger partial charge in [-0.1, -0.05) is 44.9 Å². The number of hydrogen-bond acceptors (Lipinski definition) is 12. The van der Waals surface area contributed by atoms with Crippen LogP contribution in [0.1, 0.15) is 65.7 Å². The van der Waals surface area contributed by atoms with Crippen LogP contribution in [0, 0.1) is 17.7 Å². The van der Waals surface area contributed by atoms with Crippen LogP contribution in [-0.4, -0.2) is 90.8 Å². The van der Waals surface area contributed by atoms with E-state index in [2.05, 4.69) is 16.0 Å². The summed E-state index contributed by atoms with van der Waals surface area (Å²) in [7, 11) is 2.98. The van der Waals surface area contributed by atoms with Crippen molar-refractivity contribution in [2.45, 2.75) is 96.7 Å².